The third kappa shape index (κ3) is 1.29. The third-order valence-electron chi connectivity index (χ3n) is 1.93. The monoisotopic (exact) mass is 271 g/mol. The molecule has 3 nitrogen and oxygen atoms in total. The Morgan fingerprint density at radius 1 is 1.50 bits per heavy atom. The van der Waals surface area contributed by atoms with Crippen LogP contribution in [0.25, 0.3) is 10.1 Å². The molecule has 3 N–H and O–H groups in total. The molecular formula is C9H6BrNO2S. The highest BCUT2D eigenvalue weighted by molar-refractivity contribution is 9.10. The van der Waals surface area contributed by atoms with Crippen LogP contribution in [0.1, 0.15) is 10.4 Å². The van der Waals surface area contributed by atoms with Crippen LogP contribution in [-0.4, -0.2) is 11.1 Å². The third-order valence-corrected chi connectivity index (χ3v) is 3.62. The van der Waals surface area contributed by atoms with Gasteiger partial charge in [-0.1, -0.05) is 15.9 Å². The van der Waals surface area contributed by atoms with E-state index >= 15 is 0 Å². The van der Waals surface area contributed by atoms with E-state index in [0.29, 0.717) is 16.0 Å². The first-order chi connectivity index (χ1) is 6.61. The molecule has 2 rings (SSSR count). The average Bonchev–Trinajstić information content (AvgIpc) is 2.49. The number of carboxylic acid groups (broad SMARTS) is 1. The van der Waals surface area contributed by atoms with E-state index in [9.17, 15) is 4.79 Å². The maximum Gasteiger partial charge on any atom is 0.337 e. The number of halogens is 1. The zero-order valence-corrected chi connectivity index (χ0v) is 9.35. The summed E-state index contributed by atoms with van der Waals surface area (Å²) in [4.78, 5) is 10.9. The molecule has 0 aliphatic carbocycles. The summed E-state index contributed by atoms with van der Waals surface area (Å²) in [6.07, 6.45) is 0. The first kappa shape index (κ1) is 9.48. The summed E-state index contributed by atoms with van der Waals surface area (Å²) in [7, 11) is 0. The molecule has 14 heavy (non-hydrogen) atoms. The molecule has 1 aromatic heterocycles. The Morgan fingerprint density at radius 2 is 2.21 bits per heavy atom. The molecule has 0 unspecified atom stereocenters. The summed E-state index contributed by atoms with van der Waals surface area (Å²) in [6, 6.07) is 3.28. The van der Waals surface area contributed by atoms with Crippen molar-refractivity contribution in [2.75, 3.05) is 5.73 Å². The number of nitrogens with two attached hydrogens (primary N) is 1. The maximum absolute atomic E-state index is 10.9. The maximum atomic E-state index is 10.9. The smallest absolute Gasteiger partial charge is 0.337 e. The topological polar surface area (TPSA) is 63.3 Å². The van der Waals surface area contributed by atoms with Crippen molar-refractivity contribution in [3.05, 3.63) is 27.5 Å². The van der Waals surface area contributed by atoms with Crippen molar-refractivity contribution >= 4 is 49.0 Å². The second-order valence-electron chi connectivity index (χ2n) is 2.80. The molecular weight excluding hydrogens is 266 g/mol. The summed E-state index contributed by atoms with van der Waals surface area (Å²) in [5.41, 5.74) is 6.64. The molecule has 0 saturated heterocycles. The summed E-state index contributed by atoms with van der Waals surface area (Å²) in [5.74, 6) is -0.927. The Hall–Kier alpha value is -1.07. The number of carbonyl (C=O) groups is 1. The largest absolute Gasteiger partial charge is 0.478 e. The van der Waals surface area contributed by atoms with Crippen molar-refractivity contribution in [2.24, 2.45) is 0 Å². The number of hydrogen-bond donors (Lipinski definition) is 2. The van der Waals surface area contributed by atoms with Crippen LogP contribution in [0.2, 0.25) is 0 Å². The molecule has 0 aliphatic heterocycles. The molecule has 5 heteroatoms. The minimum atomic E-state index is -0.927. The highest BCUT2D eigenvalue weighted by atomic mass is 79.9. The Morgan fingerprint density at radius 3 is 2.86 bits per heavy atom. The number of aromatic carboxylic acids is 1. The summed E-state index contributed by atoms with van der Waals surface area (Å²) >= 11 is 4.69. The predicted octanol–water partition coefficient (Wildman–Crippen LogP) is 2.94. The van der Waals surface area contributed by atoms with Crippen molar-refractivity contribution < 1.29 is 9.90 Å². The van der Waals surface area contributed by atoms with Gasteiger partial charge in [-0.2, -0.15) is 0 Å². The van der Waals surface area contributed by atoms with Crippen LogP contribution >= 0.6 is 27.3 Å². The molecule has 0 aliphatic rings. The van der Waals surface area contributed by atoms with E-state index in [0.717, 1.165) is 9.86 Å². The van der Waals surface area contributed by atoms with Gasteiger partial charge in [0.15, 0.2) is 0 Å². The summed E-state index contributed by atoms with van der Waals surface area (Å²) in [6.45, 7) is 0. The van der Waals surface area contributed by atoms with Gasteiger partial charge < -0.3 is 10.8 Å². The first-order valence-corrected chi connectivity index (χ1v) is 5.47. The van der Waals surface area contributed by atoms with Crippen molar-refractivity contribution in [2.45, 2.75) is 0 Å². The van der Waals surface area contributed by atoms with Gasteiger partial charge in [0.25, 0.3) is 0 Å². The molecule has 0 bridgehead atoms. The van der Waals surface area contributed by atoms with E-state index in [-0.39, 0.29) is 0 Å². The number of carboxylic acids is 1. The Balaban J connectivity index is 2.90. The Bertz CT molecular complexity index is 521. The van der Waals surface area contributed by atoms with Gasteiger partial charge in [-0.25, -0.2) is 4.79 Å². The number of benzene rings is 1. The molecule has 0 saturated carbocycles. The molecule has 0 atom stereocenters. The number of thiophene rings is 1. The number of nitrogen functional groups attached to an aromatic ring is 1. The van der Waals surface area contributed by atoms with Crippen molar-refractivity contribution in [1.82, 2.24) is 0 Å². The lowest BCUT2D eigenvalue weighted by atomic mass is 10.1. The van der Waals surface area contributed by atoms with Crippen LogP contribution in [0.3, 0.4) is 0 Å². The molecule has 1 heterocycles. The van der Waals surface area contributed by atoms with Crippen molar-refractivity contribution in [3.63, 3.8) is 0 Å². The molecule has 2 aromatic rings. The normalized spacial score (nSPS) is 10.6. The zero-order valence-electron chi connectivity index (χ0n) is 6.95. The first-order valence-electron chi connectivity index (χ1n) is 3.79. The fraction of sp³-hybridized carbons (Fsp3) is 0. The fourth-order valence-electron chi connectivity index (χ4n) is 1.30. The molecule has 0 radical (unpaired) electrons. The van der Waals surface area contributed by atoms with Crippen LogP contribution in [0.5, 0.6) is 0 Å². The standard InChI is InChI=1S/C9H6BrNO2S/c10-5-2-1-4(9(12)13)8-7(5)6(11)3-14-8/h1-3H,11H2,(H,12,13). The number of rotatable bonds is 1. The van der Waals surface area contributed by atoms with Crippen LogP contribution in [-0.2, 0) is 0 Å². The average molecular weight is 272 g/mol. The second kappa shape index (κ2) is 3.25. The Kier molecular flexibility index (Phi) is 2.20. The lowest BCUT2D eigenvalue weighted by Gasteiger charge is -1.99. The molecule has 72 valence electrons. The van der Waals surface area contributed by atoms with Gasteiger partial charge in [-0.3, -0.25) is 0 Å². The molecule has 0 spiro atoms. The lowest BCUT2D eigenvalue weighted by molar-refractivity contribution is 0.0699. The van der Waals surface area contributed by atoms with Gasteiger partial charge in [0.2, 0.25) is 0 Å². The van der Waals surface area contributed by atoms with Gasteiger partial charge in [-0.15, -0.1) is 11.3 Å². The molecule has 0 fully saturated rings. The lowest BCUT2D eigenvalue weighted by Crippen LogP contribution is -1.96. The number of hydrogen-bond acceptors (Lipinski definition) is 3. The summed E-state index contributed by atoms with van der Waals surface area (Å²) < 4.78 is 1.54. The highest BCUT2D eigenvalue weighted by Gasteiger charge is 2.13. The minimum Gasteiger partial charge on any atom is -0.478 e. The van der Waals surface area contributed by atoms with E-state index in [2.05, 4.69) is 15.9 Å². The Labute approximate surface area is 92.3 Å². The van der Waals surface area contributed by atoms with Crippen molar-refractivity contribution in [3.8, 4) is 0 Å². The van der Waals surface area contributed by atoms with Gasteiger partial charge in [0.05, 0.1) is 16.0 Å². The quantitative estimate of drug-likeness (QED) is 0.838. The zero-order chi connectivity index (χ0) is 10.3. The molecule has 0 amide bonds. The fourth-order valence-corrected chi connectivity index (χ4v) is 2.98. The van der Waals surface area contributed by atoms with Gasteiger partial charge in [-0.05, 0) is 12.1 Å². The van der Waals surface area contributed by atoms with E-state index < -0.39 is 5.97 Å². The SMILES string of the molecule is Nc1csc2c(C(=O)O)ccc(Br)c12. The highest BCUT2D eigenvalue weighted by Crippen LogP contribution is 2.36. The van der Waals surface area contributed by atoms with Gasteiger partial charge >= 0.3 is 5.97 Å². The minimum absolute atomic E-state index is 0.296. The van der Waals surface area contributed by atoms with Crippen LogP contribution < -0.4 is 5.73 Å². The van der Waals surface area contributed by atoms with Crippen LogP contribution in [0.15, 0.2) is 22.0 Å². The van der Waals surface area contributed by atoms with Crippen LogP contribution in [0, 0.1) is 0 Å². The number of anilines is 1. The number of fused-ring (bicyclic) bond motifs is 1. The van der Waals surface area contributed by atoms with Gasteiger partial charge in [0, 0.05) is 15.2 Å². The van der Waals surface area contributed by atoms with Gasteiger partial charge in [0.1, 0.15) is 0 Å². The van der Waals surface area contributed by atoms with E-state index in [4.69, 9.17) is 10.8 Å². The van der Waals surface area contributed by atoms with Crippen molar-refractivity contribution in [1.29, 1.82) is 0 Å². The molecule has 1 aromatic carbocycles. The van der Waals surface area contributed by atoms with E-state index in [1.165, 1.54) is 11.3 Å². The van der Waals surface area contributed by atoms with E-state index in [1.54, 1.807) is 17.5 Å². The van der Waals surface area contributed by atoms with E-state index in [1.807, 2.05) is 0 Å². The second-order valence-corrected chi connectivity index (χ2v) is 4.53. The summed E-state index contributed by atoms with van der Waals surface area (Å²) in [5, 5.41) is 11.5. The van der Waals surface area contributed by atoms with Crippen LogP contribution in [0.4, 0.5) is 5.69 Å². The predicted molar refractivity (Wildman–Crippen MR) is 60.9 cm³/mol.